The Morgan fingerprint density at radius 1 is 1.29 bits per heavy atom. The fraction of sp³-hybridized carbons (Fsp3) is 0.429. The molecule has 0 radical (unpaired) electrons. The molecule has 2 unspecified atom stereocenters. The van der Waals surface area contributed by atoms with Crippen LogP contribution in [0.5, 0.6) is 0 Å². The summed E-state index contributed by atoms with van der Waals surface area (Å²) in [7, 11) is 0. The molecule has 0 saturated carbocycles. The van der Waals surface area contributed by atoms with Crippen LogP contribution in [0.25, 0.3) is 0 Å². The summed E-state index contributed by atoms with van der Waals surface area (Å²) < 4.78 is 39.2. The number of β-amino-alcohol motifs (C(OH)–C–C–N with tert-alkyl or cyclic N) is 1. The van der Waals surface area contributed by atoms with Crippen LogP contribution in [-0.4, -0.2) is 48.8 Å². The predicted octanol–water partition coefficient (Wildman–Crippen LogP) is 1.03. The third kappa shape index (κ3) is 3.37. The lowest BCUT2D eigenvalue weighted by atomic mass is 10.0. The van der Waals surface area contributed by atoms with Crippen LogP contribution >= 0.6 is 0 Å². The summed E-state index contributed by atoms with van der Waals surface area (Å²) in [5.74, 6) is -0.316. The molecule has 1 saturated heterocycles. The standard InChI is InChI=1S/C14H14F3N5O2/c15-14(16,17)10-3-1-9(2-4-10)12-5-11(23)6-22(12)13(24)7-21-8-18-19-20-21/h1-4,8,11-12,23H,5-7H2. The number of likely N-dealkylation sites (tertiary alicyclic amines) is 1. The van der Waals surface area contributed by atoms with E-state index in [1.54, 1.807) is 0 Å². The Kier molecular flexibility index (Phi) is 4.22. The van der Waals surface area contributed by atoms with Gasteiger partial charge in [-0.3, -0.25) is 4.79 Å². The molecule has 2 heterocycles. The largest absolute Gasteiger partial charge is 0.416 e. The first-order chi connectivity index (χ1) is 11.3. The van der Waals surface area contributed by atoms with Crippen molar-refractivity contribution in [3.8, 4) is 0 Å². The summed E-state index contributed by atoms with van der Waals surface area (Å²) >= 11 is 0. The molecule has 0 spiro atoms. The number of benzene rings is 1. The number of tetrazole rings is 1. The molecule has 24 heavy (non-hydrogen) atoms. The molecule has 0 bridgehead atoms. The Balaban J connectivity index is 1.78. The van der Waals surface area contributed by atoms with E-state index >= 15 is 0 Å². The molecule has 10 heteroatoms. The molecule has 1 amide bonds. The number of aliphatic hydroxyl groups is 1. The van der Waals surface area contributed by atoms with Gasteiger partial charge in [0.25, 0.3) is 0 Å². The highest BCUT2D eigenvalue weighted by atomic mass is 19.4. The van der Waals surface area contributed by atoms with Crippen LogP contribution < -0.4 is 0 Å². The summed E-state index contributed by atoms with van der Waals surface area (Å²) in [5, 5.41) is 20.3. The monoisotopic (exact) mass is 341 g/mol. The highest BCUT2D eigenvalue weighted by Crippen LogP contribution is 2.35. The molecule has 7 nitrogen and oxygen atoms in total. The number of carbonyl (C=O) groups excluding carboxylic acids is 1. The van der Waals surface area contributed by atoms with Crippen molar-refractivity contribution in [3.63, 3.8) is 0 Å². The molecule has 1 aromatic carbocycles. The van der Waals surface area contributed by atoms with Crippen molar-refractivity contribution in [2.45, 2.75) is 31.3 Å². The Morgan fingerprint density at radius 3 is 2.58 bits per heavy atom. The molecule has 0 aliphatic carbocycles. The van der Waals surface area contributed by atoms with E-state index in [1.807, 2.05) is 0 Å². The zero-order chi connectivity index (χ0) is 17.3. The lowest BCUT2D eigenvalue weighted by Crippen LogP contribution is -2.34. The van der Waals surface area contributed by atoms with Crippen LogP contribution in [0.15, 0.2) is 30.6 Å². The Hall–Kier alpha value is -2.49. The first kappa shape index (κ1) is 16.4. The molecule has 1 aliphatic heterocycles. The summed E-state index contributed by atoms with van der Waals surface area (Å²) in [6.45, 7) is 0.0174. The zero-order valence-electron chi connectivity index (χ0n) is 12.4. The van der Waals surface area contributed by atoms with Gasteiger partial charge in [0, 0.05) is 6.54 Å². The lowest BCUT2D eigenvalue weighted by molar-refractivity contribution is -0.137. The normalized spacial score (nSPS) is 21.2. The Morgan fingerprint density at radius 2 is 2.00 bits per heavy atom. The second-order valence-electron chi connectivity index (χ2n) is 5.58. The van der Waals surface area contributed by atoms with Gasteiger partial charge in [0.2, 0.25) is 5.91 Å². The van der Waals surface area contributed by atoms with Gasteiger partial charge in [0.05, 0.1) is 17.7 Å². The predicted molar refractivity (Wildman–Crippen MR) is 74.3 cm³/mol. The zero-order valence-corrected chi connectivity index (χ0v) is 12.4. The van der Waals surface area contributed by atoms with Crippen LogP contribution in [0.1, 0.15) is 23.6 Å². The molecule has 1 fully saturated rings. The number of nitrogens with zero attached hydrogens (tertiary/aromatic N) is 5. The number of carbonyl (C=O) groups is 1. The number of hydrogen-bond donors (Lipinski definition) is 1. The van der Waals surface area contributed by atoms with Gasteiger partial charge in [-0.25, -0.2) is 4.68 Å². The van der Waals surface area contributed by atoms with E-state index in [0.717, 1.165) is 12.1 Å². The number of amides is 1. The lowest BCUT2D eigenvalue weighted by Gasteiger charge is -2.25. The van der Waals surface area contributed by atoms with E-state index in [0.29, 0.717) is 5.56 Å². The minimum atomic E-state index is -4.41. The number of alkyl halides is 3. The first-order valence-corrected chi connectivity index (χ1v) is 7.20. The van der Waals surface area contributed by atoms with Crippen molar-refractivity contribution in [1.82, 2.24) is 25.1 Å². The summed E-state index contributed by atoms with van der Waals surface area (Å²) in [4.78, 5) is 13.8. The minimum Gasteiger partial charge on any atom is -0.391 e. The van der Waals surface area contributed by atoms with Crippen LogP contribution in [0.2, 0.25) is 0 Å². The maximum atomic E-state index is 12.6. The third-order valence-corrected chi connectivity index (χ3v) is 3.91. The molecular weight excluding hydrogens is 327 g/mol. The van der Waals surface area contributed by atoms with Crippen LogP contribution in [-0.2, 0) is 17.5 Å². The van der Waals surface area contributed by atoms with Crippen molar-refractivity contribution < 1.29 is 23.1 Å². The van der Waals surface area contributed by atoms with Crippen molar-refractivity contribution in [1.29, 1.82) is 0 Å². The van der Waals surface area contributed by atoms with Gasteiger partial charge in [-0.1, -0.05) is 12.1 Å². The van der Waals surface area contributed by atoms with E-state index < -0.39 is 23.9 Å². The molecule has 1 N–H and O–H groups in total. The minimum absolute atomic E-state index is 0.100. The molecule has 2 atom stereocenters. The highest BCUT2D eigenvalue weighted by Gasteiger charge is 2.36. The van der Waals surface area contributed by atoms with Gasteiger partial charge in [0.1, 0.15) is 12.9 Å². The summed E-state index contributed by atoms with van der Waals surface area (Å²) in [6.07, 6.45) is -3.58. The fourth-order valence-corrected chi connectivity index (χ4v) is 2.78. The van der Waals surface area contributed by atoms with Crippen molar-refractivity contribution >= 4 is 5.91 Å². The molecule has 2 aromatic rings. The average molecular weight is 341 g/mol. The van der Waals surface area contributed by atoms with E-state index in [-0.39, 0.29) is 25.4 Å². The van der Waals surface area contributed by atoms with Crippen molar-refractivity contribution in [2.24, 2.45) is 0 Å². The van der Waals surface area contributed by atoms with Gasteiger partial charge in [0.15, 0.2) is 0 Å². The van der Waals surface area contributed by atoms with Gasteiger partial charge >= 0.3 is 6.18 Å². The summed E-state index contributed by atoms with van der Waals surface area (Å²) in [5.41, 5.74) is -0.207. The number of aromatic nitrogens is 4. The van der Waals surface area contributed by atoms with Crippen LogP contribution in [0.3, 0.4) is 0 Å². The highest BCUT2D eigenvalue weighted by molar-refractivity contribution is 5.76. The van der Waals surface area contributed by atoms with Crippen molar-refractivity contribution in [3.05, 3.63) is 41.7 Å². The number of hydrogen-bond acceptors (Lipinski definition) is 5. The van der Waals surface area contributed by atoms with Crippen LogP contribution in [0, 0.1) is 0 Å². The third-order valence-electron chi connectivity index (χ3n) is 3.91. The van der Waals surface area contributed by atoms with Gasteiger partial charge in [-0.2, -0.15) is 13.2 Å². The number of aliphatic hydroxyl groups excluding tert-OH is 1. The Bertz CT molecular complexity index is 702. The van der Waals surface area contributed by atoms with Crippen molar-refractivity contribution in [2.75, 3.05) is 6.54 Å². The first-order valence-electron chi connectivity index (χ1n) is 7.20. The van der Waals surface area contributed by atoms with Gasteiger partial charge in [-0.15, -0.1) is 5.10 Å². The SMILES string of the molecule is O=C(Cn1cnnn1)N1CC(O)CC1c1ccc(C(F)(F)F)cc1. The molecule has 1 aliphatic rings. The van der Waals surface area contributed by atoms with E-state index in [2.05, 4.69) is 15.5 Å². The van der Waals surface area contributed by atoms with Gasteiger partial charge in [-0.05, 0) is 34.5 Å². The number of halogens is 3. The number of rotatable bonds is 3. The smallest absolute Gasteiger partial charge is 0.391 e. The average Bonchev–Trinajstić information content (AvgIpc) is 3.16. The maximum absolute atomic E-state index is 12.6. The Labute approximate surface area is 134 Å². The van der Waals surface area contributed by atoms with Crippen LogP contribution in [0.4, 0.5) is 13.2 Å². The van der Waals surface area contributed by atoms with E-state index in [4.69, 9.17) is 0 Å². The van der Waals surface area contributed by atoms with E-state index in [1.165, 1.54) is 28.0 Å². The second kappa shape index (κ2) is 6.19. The summed E-state index contributed by atoms with van der Waals surface area (Å²) in [6, 6.07) is 4.14. The second-order valence-corrected chi connectivity index (χ2v) is 5.58. The molecule has 1 aromatic heterocycles. The quantitative estimate of drug-likeness (QED) is 0.901. The van der Waals surface area contributed by atoms with E-state index in [9.17, 15) is 23.1 Å². The molecular formula is C14H14F3N5O2. The van der Waals surface area contributed by atoms with Gasteiger partial charge < -0.3 is 10.0 Å². The maximum Gasteiger partial charge on any atom is 0.416 e. The molecule has 3 rings (SSSR count). The fourth-order valence-electron chi connectivity index (χ4n) is 2.78. The molecule has 128 valence electrons. The topological polar surface area (TPSA) is 84.1 Å².